The van der Waals surface area contributed by atoms with Gasteiger partial charge in [0.25, 0.3) is 5.91 Å². The van der Waals surface area contributed by atoms with E-state index in [0.29, 0.717) is 41.2 Å². The summed E-state index contributed by atoms with van der Waals surface area (Å²) in [6.07, 6.45) is 9.00. The highest BCUT2D eigenvalue weighted by Gasteiger charge is 2.26. The standard InChI is InChI=1S/C24H23N7O2/c1-33-22-9-17(13-31-23(22)18(10-25)11-28-31)19-12-27-30(14-19)21-6-3-7-29(15-21)24(32)16-4-2-5-20(26)8-16/h2,4-5,8-9,11-14,21H,3,6-7,15,26H2,1H3/t21-/m1/s1. The number of rotatable bonds is 4. The molecule has 9 heteroatoms. The van der Waals surface area contributed by atoms with Crippen molar-refractivity contribution in [2.75, 3.05) is 25.9 Å². The Labute approximate surface area is 190 Å². The maximum absolute atomic E-state index is 13.0. The summed E-state index contributed by atoms with van der Waals surface area (Å²) >= 11 is 0. The lowest BCUT2D eigenvalue weighted by molar-refractivity contribution is 0.0673. The molecule has 1 aliphatic rings. The number of ether oxygens (including phenoxy) is 1. The first-order valence-corrected chi connectivity index (χ1v) is 10.7. The SMILES string of the molecule is COc1cc(-c2cnn([C@@H]3CCCN(C(=O)c4cccc(N)c4)C3)c2)cn2ncc(C#N)c12. The number of nitrogen functional groups attached to an aromatic ring is 1. The molecule has 1 aliphatic heterocycles. The van der Waals surface area contributed by atoms with Gasteiger partial charge in [0.2, 0.25) is 0 Å². The van der Waals surface area contributed by atoms with Gasteiger partial charge in [0.05, 0.1) is 25.5 Å². The highest BCUT2D eigenvalue weighted by Crippen LogP contribution is 2.31. The van der Waals surface area contributed by atoms with Gasteiger partial charge < -0.3 is 15.4 Å². The van der Waals surface area contributed by atoms with Crippen LogP contribution < -0.4 is 10.5 Å². The van der Waals surface area contributed by atoms with Crippen LogP contribution in [0.5, 0.6) is 5.75 Å². The summed E-state index contributed by atoms with van der Waals surface area (Å²) in [7, 11) is 1.57. The zero-order valence-corrected chi connectivity index (χ0v) is 18.2. The van der Waals surface area contributed by atoms with E-state index in [4.69, 9.17) is 10.5 Å². The summed E-state index contributed by atoms with van der Waals surface area (Å²) in [4.78, 5) is 14.8. The van der Waals surface area contributed by atoms with E-state index in [9.17, 15) is 10.1 Å². The lowest BCUT2D eigenvalue weighted by Crippen LogP contribution is -2.40. The van der Waals surface area contributed by atoms with Crippen LogP contribution in [-0.4, -0.2) is 50.4 Å². The molecule has 0 spiro atoms. The number of nitriles is 1. The molecule has 166 valence electrons. The number of carbonyl (C=O) groups is 1. The minimum absolute atomic E-state index is 0.0125. The average Bonchev–Trinajstić information content (AvgIpc) is 3.50. The Morgan fingerprint density at radius 3 is 2.88 bits per heavy atom. The second-order valence-electron chi connectivity index (χ2n) is 8.14. The fourth-order valence-electron chi connectivity index (χ4n) is 4.38. The first kappa shape index (κ1) is 20.6. The van der Waals surface area contributed by atoms with Crippen molar-refractivity contribution in [2.24, 2.45) is 0 Å². The number of amides is 1. The van der Waals surface area contributed by atoms with E-state index >= 15 is 0 Å². The zero-order chi connectivity index (χ0) is 22.9. The van der Waals surface area contributed by atoms with Crippen LogP contribution >= 0.6 is 0 Å². The quantitative estimate of drug-likeness (QED) is 0.487. The summed E-state index contributed by atoms with van der Waals surface area (Å²) in [6, 6.07) is 11.2. The highest BCUT2D eigenvalue weighted by atomic mass is 16.5. The van der Waals surface area contributed by atoms with Gasteiger partial charge in [-0.1, -0.05) is 6.07 Å². The van der Waals surface area contributed by atoms with Crippen LogP contribution in [0, 0.1) is 11.3 Å². The van der Waals surface area contributed by atoms with Gasteiger partial charge in [-0.05, 0) is 37.1 Å². The Bertz CT molecular complexity index is 1380. The van der Waals surface area contributed by atoms with E-state index < -0.39 is 0 Å². The summed E-state index contributed by atoms with van der Waals surface area (Å²) in [6.45, 7) is 1.30. The Balaban J connectivity index is 1.39. The normalized spacial score (nSPS) is 16.0. The van der Waals surface area contributed by atoms with Crippen molar-refractivity contribution >= 4 is 17.1 Å². The van der Waals surface area contributed by atoms with Crippen molar-refractivity contribution in [3.8, 4) is 22.9 Å². The Kier molecular flexibility index (Phi) is 5.18. The smallest absolute Gasteiger partial charge is 0.254 e. The lowest BCUT2D eigenvalue weighted by Gasteiger charge is -2.33. The predicted octanol–water partition coefficient (Wildman–Crippen LogP) is 3.14. The molecular weight excluding hydrogens is 418 g/mol. The molecule has 1 aromatic carbocycles. The molecular formula is C24H23N7O2. The van der Waals surface area contributed by atoms with Crippen molar-refractivity contribution in [1.29, 1.82) is 5.26 Å². The van der Waals surface area contributed by atoms with Crippen molar-refractivity contribution in [3.05, 3.63) is 66.2 Å². The third kappa shape index (κ3) is 3.76. The molecule has 1 fully saturated rings. The highest BCUT2D eigenvalue weighted by molar-refractivity contribution is 5.95. The number of fused-ring (bicyclic) bond motifs is 1. The number of pyridine rings is 1. The van der Waals surface area contributed by atoms with Crippen molar-refractivity contribution in [3.63, 3.8) is 0 Å². The van der Waals surface area contributed by atoms with Crippen molar-refractivity contribution < 1.29 is 9.53 Å². The molecule has 1 atom stereocenters. The second-order valence-corrected chi connectivity index (χ2v) is 8.14. The van der Waals surface area contributed by atoms with E-state index in [1.54, 1.807) is 42.1 Å². The molecule has 0 unspecified atom stereocenters. The molecule has 0 radical (unpaired) electrons. The van der Waals surface area contributed by atoms with Crippen LogP contribution in [-0.2, 0) is 0 Å². The third-order valence-corrected chi connectivity index (χ3v) is 6.04. The average molecular weight is 441 g/mol. The number of aromatic nitrogens is 4. The molecule has 0 aliphatic carbocycles. The molecule has 4 aromatic rings. The van der Waals surface area contributed by atoms with Crippen molar-refractivity contribution in [1.82, 2.24) is 24.3 Å². The van der Waals surface area contributed by atoms with Gasteiger partial charge in [0.15, 0.2) is 0 Å². The van der Waals surface area contributed by atoms with Crippen LogP contribution in [0.2, 0.25) is 0 Å². The number of hydrogen-bond acceptors (Lipinski definition) is 6. The van der Waals surface area contributed by atoms with Gasteiger partial charge in [0, 0.05) is 47.9 Å². The number of nitrogens with zero attached hydrogens (tertiary/aromatic N) is 6. The number of likely N-dealkylation sites (tertiary alicyclic amines) is 1. The number of nitrogens with two attached hydrogens (primary N) is 1. The van der Waals surface area contributed by atoms with Crippen LogP contribution in [0.1, 0.15) is 34.8 Å². The van der Waals surface area contributed by atoms with E-state index in [1.807, 2.05) is 28.0 Å². The van der Waals surface area contributed by atoms with Crippen LogP contribution in [0.25, 0.3) is 16.6 Å². The first-order valence-electron chi connectivity index (χ1n) is 10.7. The number of benzene rings is 1. The van der Waals surface area contributed by atoms with Gasteiger partial charge in [-0.3, -0.25) is 9.48 Å². The van der Waals surface area contributed by atoms with Crippen LogP contribution in [0.3, 0.4) is 0 Å². The molecule has 4 heterocycles. The second kappa shape index (κ2) is 8.31. The van der Waals surface area contributed by atoms with Gasteiger partial charge >= 0.3 is 0 Å². The first-order chi connectivity index (χ1) is 16.1. The Morgan fingerprint density at radius 1 is 1.21 bits per heavy atom. The van der Waals surface area contributed by atoms with Crippen molar-refractivity contribution in [2.45, 2.75) is 18.9 Å². The third-order valence-electron chi connectivity index (χ3n) is 6.04. The van der Waals surface area contributed by atoms with E-state index in [1.165, 1.54) is 6.20 Å². The summed E-state index contributed by atoms with van der Waals surface area (Å²) in [5.74, 6) is 0.562. The summed E-state index contributed by atoms with van der Waals surface area (Å²) < 4.78 is 9.09. The number of carbonyl (C=O) groups excluding carboxylic acids is 1. The zero-order valence-electron chi connectivity index (χ0n) is 18.2. The monoisotopic (exact) mass is 441 g/mol. The van der Waals surface area contributed by atoms with Gasteiger partial charge in [0.1, 0.15) is 22.9 Å². The molecule has 1 saturated heterocycles. The fraction of sp³-hybridized carbons (Fsp3) is 0.250. The number of piperidine rings is 1. The maximum Gasteiger partial charge on any atom is 0.254 e. The number of anilines is 1. The molecule has 33 heavy (non-hydrogen) atoms. The van der Waals surface area contributed by atoms with Gasteiger partial charge in [-0.15, -0.1) is 0 Å². The van der Waals surface area contributed by atoms with Crippen LogP contribution in [0.15, 0.2) is 55.1 Å². The molecule has 9 nitrogen and oxygen atoms in total. The lowest BCUT2D eigenvalue weighted by atomic mass is 10.0. The van der Waals surface area contributed by atoms with E-state index in [-0.39, 0.29) is 11.9 Å². The number of hydrogen-bond donors (Lipinski definition) is 1. The van der Waals surface area contributed by atoms with E-state index in [2.05, 4.69) is 16.3 Å². The molecule has 0 saturated carbocycles. The molecule has 1 amide bonds. The topological polar surface area (TPSA) is 114 Å². The Hall–Kier alpha value is -4.32. The molecule has 0 bridgehead atoms. The molecule has 5 rings (SSSR count). The molecule has 2 N–H and O–H groups in total. The van der Waals surface area contributed by atoms with Crippen LogP contribution in [0.4, 0.5) is 5.69 Å². The maximum atomic E-state index is 13.0. The summed E-state index contributed by atoms with van der Waals surface area (Å²) in [5, 5.41) is 18.2. The summed E-state index contributed by atoms with van der Waals surface area (Å²) in [5.41, 5.74) is 9.92. The Morgan fingerprint density at radius 2 is 2.09 bits per heavy atom. The largest absolute Gasteiger partial charge is 0.494 e. The van der Waals surface area contributed by atoms with Gasteiger partial charge in [-0.25, -0.2) is 4.52 Å². The fourth-order valence-corrected chi connectivity index (χ4v) is 4.38. The minimum Gasteiger partial charge on any atom is -0.494 e. The van der Waals surface area contributed by atoms with Gasteiger partial charge in [-0.2, -0.15) is 15.5 Å². The van der Waals surface area contributed by atoms with E-state index in [0.717, 1.165) is 24.0 Å². The number of methoxy groups -OCH3 is 1. The predicted molar refractivity (Wildman–Crippen MR) is 123 cm³/mol. The minimum atomic E-state index is -0.0125. The molecule has 3 aromatic heterocycles.